The average Bonchev–Trinajstić information content (AvgIpc) is 2.49. The van der Waals surface area contributed by atoms with Crippen LogP contribution in [-0.4, -0.2) is 49.7 Å². The van der Waals surface area contributed by atoms with E-state index >= 15 is 0 Å². The number of sulfone groups is 1. The van der Waals surface area contributed by atoms with Gasteiger partial charge in [0.25, 0.3) is 0 Å². The number of hydrogen-bond acceptors (Lipinski definition) is 5. The molecule has 1 fully saturated rings. The van der Waals surface area contributed by atoms with Crippen molar-refractivity contribution < 1.29 is 13.2 Å². The van der Waals surface area contributed by atoms with Crippen LogP contribution in [0.5, 0.6) is 0 Å². The largest absolute Gasteiger partial charge is 0.334 e. The Morgan fingerprint density at radius 3 is 2.52 bits per heavy atom. The van der Waals surface area contributed by atoms with Crippen molar-refractivity contribution in [2.75, 3.05) is 25.4 Å². The van der Waals surface area contributed by atoms with Crippen LogP contribution in [-0.2, 0) is 9.84 Å². The van der Waals surface area contributed by atoms with E-state index in [0.717, 1.165) is 11.4 Å². The first-order valence-electron chi connectivity index (χ1n) is 6.48. The van der Waals surface area contributed by atoms with E-state index in [9.17, 15) is 13.2 Å². The zero-order chi connectivity index (χ0) is 15.5. The van der Waals surface area contributed by atoms with Gasteiger partial charge in [-0.15, -0.1) is 0 Å². The topological polar surface area (TPSA) is 108 Å². The molecule has 1 aromatic carbocycles. The van der Waals surface area contributed by atoms with Gasteiger partial charge < -0.3 is 4.90 Å². The van der Waals surface area contributed by atoms with E-state index in [-0.39, 0.29) is 23.2 Å². The minimum Gasteiger partial charge on any atom is -0.322 e. The molecule has 21 heavy (non-hydrogen) atoms. The summed E-state index contributed by atoms with van der Waals surface area (Å²) in [6, 6.07) is 7.31. The highest BCUT2D eigenvalue weighted by Gasteiger charge is 2.25. The molecule has 2 amide bonds. The highest BCUT2D eigenvalue weighted by atomic mass is 32.2. The number of nitrogens with zero attached hydrogens (tertiary/aromatic N) is 3. The van der Waals surface area contributed by atoms with Crippen LogP contribution in [0.4, 0.5) is 4.79 Å². The van der Waals surface area contributed by atoms with Gasteiger partial charge in [0, 0.05) is 19.6 Å². The number of amides is 2. The number of nitriles is 1. The Labute approximate surface area is 123 Å². The molecule has 0 bridgehead atoms. The molecule has 1 aromatic rings. The minimum absolute atomic E-state index is 0.106. The lowest BCUT2D eigenvalue weighted by Crippen LogP contribution is -2.53. The molecule has 0 aromatic heterocycles. The normalized spacial score (nSPS) is 15.9. The summed E-state index contributed by atoms with van der Waals surface area (Å²) in [5.41, 5.74) is 0.402. The lowest BCUT2D eigenvalue weighted by molar-refractivity contribution is 0.133. The first-order chi connectivity index (χ1) is 9.94. The summed E-state index contributed by atoms with van der Waals surface area (Å²) in [5, 5.41) is 9.79. The summed E-state index contributed by atoms with van der Waals surface area (Å²) in [4.78, 5) is 13.3. The Kier molecular flexibility index (Phi) is 4.45. The maximum atomic E-state index is 12.2. The maximum absolute atomic E-state index is 12.2. The van der Waals surface area contributed by atoms with Crippen molar-refractivity contribution in [1.29, 1.82) is 5.26 Å². The molecule has 1 aliphatic heterocycles. The predicted octanol–water partition coefficient (Wildman–Crippen LogP) is 0.333. The van der Waals surface area contributed by atoms with Gasteiger partial charge >= 0.3 is 6.03 Å². The summed E-state index contributed by atoms with van der Waals surface area (Å²) in [6.07, 6.45) is 0.721. The first-order valence-corrected chi connectivity index (χ1v) is 8.13. The molecule has 1 aliphatic rings. The number of hydrazine groups is 1. The van der Waals surface area contributed by atoms with E-state index in [1.807, 2.05) is 6.07 Å². The second-order valence-corrected chi connectivity index (χ2v) is 6.88. The van der Waals surface area contributed by atoms with Crippen LogP contribution in [0.3, 0.4) is 0 Å². The zero-order valence-electron chi connectivity index (χ0n) is 11.4. The average molecular weight is 308 g/mol. The molecular weight excluding hydrogens is 292 g/mol. The van der Waals surface area contributed by atoms with Gasteiger partial charge in [-0.2, -0.15) is 5.26 Å². The molecule has 112 valence electrons. The fourth-order valence-electron chi connectivity index (χ4n) is 2.10. The lowest BCUT2D eigenvalue weighted by atomic mass is 10.2. The highest BCUT2D eigenvalue weighted by molar-refractivity contribution is 7.91. The molecule has 7 nitrogen and oxygen atoms in total. The molecule has 0 radical (unpaired) electrons. The molecule has 1 heterocycles. The monoisotopic (exact) mass is 308 g/mol. The van der Waals surface area contributed by atoms with Crippen LogP contribution in [0.15, 0.2) is 29.2 Å². The van der Waals surface area contributed by atoms with E-state index in [1.165, 1.54) is 29.2 Å². The SMILES string of the molecule is N#Cc1ccc(S(=O)(=O)CCN2CCCN(N)C2=O)cc1. The van der Waals surface area contributed by atoms with Crippen molar-refractivity contribution in [2.45, 2.75) is 11.3 Å². The van der Waals surface area contributed by atoms with Crippen LogP contribution in [0, 0.1) is 11.3 Å². The maximum Gasteiger partial charge on any atom is 0.334 e. The second kappa shape index (κ2) is 6.11. The van der Waals surface area contributed by atoms with Gasteiger partial charge in [-0.25, -0.2) is 19.1 Å². The van der Waals surface area contributed by atoms with Gasteiger partial charge in [0.15, 0.2) is 9.84 Å². The fourth-order valence-corrected chi connectivity index (χ4v) is 3.34. The van der Waals surface area contributed by atoms with Crippen molar-refractivity contribution in [1.82, 2.24) is 9.91 Å². The van der Waals surface area contributed by atoms with E-state index < -0.39 is 9.84 Å². The molecule has 0 saturated carbocycles. The molecule has 0 unspecified atom stereocenters. The number of carbonyl (C=O) groups excluding carboxylic acids is 1. The molecule has 2 rings (SSSR count). The lowest BCUT2D eigenvalue weighted by Gasteiger charge is -2.32. The van der Waals surface area contributed by atoms with Crippen molar-refractivity contribution in [2.24, 2.45) is 5.84 Å². The summed E-state index contributed by atoms with van der Waals surface area (Å²) in [5.74, 6) is 5.34. The Bertz CT molecular complexity index is 664. The molecule has 0 spiro atoms. The Hall–Kier alpha value is -2.11. The third-order valence-electron chi connectivity index (χ3n) is 3.32. The van der Waals surface area contributed by atoms with Crippen LogP contribution >= 0.6 is 0 Å². The number of hydrogen-bond donors (Lipinski definition) is 1. The zero-order valence-corrected chi connectivity index (χ0v) is 12.2. The number of urea groups is 1. The standard InChI is InChI=1S/C13H16N4O3S/c14-10-11-2-4-12(5-3-11)21(19,20)9-8-16-6-1-7-17(15)13(16)18/h2-5H,1,6-9,15H2. The van der Waals surface area contributed by atoms with Crippen molar-refractivity contribution >= 4 is 15.9 Å². The van der Waals surface area contributed by atoms with E-state index in [2.05, 4.69) is 0 Å². The van der Waals surface area contributed by atoms with Crippen LogP contribution in [0.1, 0.15) is 12.0 Å². The smallest absolute Gasteiger partial charge is 0.322 e. The first kappa shape index (κ1) is 15.3. The van der Waals surface area contributed by atoms with E-state index in [1.54, 1.807) is 0 Å². The minimum atomic E-state index is -3.49. The third-order valence-corrected chi connectivity index (χ3v) is 5.03. The van der Waals surface area contributed by atoms with Crippen LogP contribution in [0.25, 0.3) is 0 Å². The van der Waals surface area contributed by atoms with Crippen LogP contribution < -0.4 is 5.84 Å². The number of benzene rings is 1. The fraction of sp³-hybridized carbons (Fsp3) is 0.385. The molecule has 8 heteroatoms. The van der Waals surface area contributed by atoms with E-state index in [0.29, 0.717) is 18.7 Å². The van der Waals surface area contributed by atoms with Gasteiger partial charge in [-0.3, -0.25) is 5.01 Å². The van der Waals surface area contributed by atoms with Gasteiger partial charge in [0.2, 0.25) is 0 Å². The Morgan fingerprint density at radius 2 is 1.90 bits per heavy atom. The third kappa shape index (κ3) is 3.51. The van der Waals surface area contributed by atoms with Gasteiger partial charge in [0.05, 0.1) is 22.3 Å². The Morgan fingerprint density at radius 1 is 1.24 bits per heavy atom. The van der Waals surface area contributed by atoms with Crippen molar-refractivity contribution in [3.8, 4) is 6.07 Å². The van der Waals surface area contributed by atoms with Gasteiger partial charge in [-0.1, -0.05) is 0 Å². The summed E-state index contributed by atoms with van der Waals surface area (Å²) < 4.78 is 24.4. The quantitative estimate of drug-likeness (QED) is 0.637. The predicted molar refractivity (Wildman–Crippen MR) is 75.7 cm³/mol. The molecule has 0 aliphatic carbocycles. The number of rotatable bonds is 4. The summed E-state index contributed by atoms with van der Waals surface area (Å²) in [7, 11) is -3.49. The van der Waals surface area contributed by atoms with Crippen molar-refractivity contribution in [3.05, 3.63) is 29.8 Å². The second-order valence-electron chi connectivity index (χ2n) is 4.77. The summed E-state index contributed by atoms with van der Waals surface area (Å²) in [6.45, 7) is 1.10. The molecule has 0 atom stereocenters. The van der Waals surface area contributed by atoms with E-state index in [4.69, 9.17) is 11.1 Å². The molecular formula is C13H16N4O3S. The molecule has 1 saturated heterocycles. The molecule has 2 N–H and O–H groups in total. The number of nitrogens with two attached hydrogens (primary N) is 1. The van der Waals surface area contributed by atoms with Gasteiger partial charge in [0.1, 0.15) is 0 Å². The van der Waals surface area contributed by atoms with Crippen molar-refractivity contribution in [3.63, 3.8) is 0 Å². The summed E-state index contributed by atoms with van der Waals surface area (Å²) >= 11 is 0. The Balaban J connectivity index is 2.04. The highest BCUT2D eigenvalue weighted by Crippen LogP contribution is 2.13. The van der Waals surface area contributed by atoms with Crippen LogP contribution in [0.2, 0.25) is 0 Å². The number of carbonyl (C=O) groups is 1. The van der Waals surface area contributed by atoms with Gasteiger partial charge in [-0.05, 0) is 30.7 Å².